The number of allylic oxidation sites excluding steroid dienone is 2. The minimum absolute atomic E-state index is 0.00643. The van der Waals surface area contributed by atoms with Crippen molar-refractivity contribution in [1.82, 2.24) is 0 Å². The van der Waals surface area contributed by atoms with Gasteiger partial charge in [-0.2, -0.15) is 0 Å². The van der Waals surface area contributed by atoms with Gasteiger partial charge in [0.05, 0.1) is 13.2 Å². The van der Waals surface area contributed by atoms with E-state index < -0.39 is 5.79 Å². The molecule has 1 unspecified atom stereocenters. The Hall–Kier alpha value is -0.870. The summed E-state index contributed by atoms with van der Waals surface area (Å²) in [5.41, 5.74) is 0.600. The molecule has 4 saturated carbocycles. The molecule has 0 radical (unpaired) electrons. The molecule has 1 aliphatic heterocycles. The van der Waals surface area contributed by atoms with E-state index in [9.17, 15) is 4.79 Å². The highest BCUT2D eigenvalue weighted by Gasteiger charge is 2.68. The molecular weight excluding hydrogens is 460 g/mol. The zero-order valence-electron chi connectivity index (χ0n) is 24.8. The Bertz CT molecular complexity index is 858. The van der Waals surface area contributed by atoms with Gasteiger partial charge in [0.25, 0.3) is 0 Å². The first kappa shape index (κ1) is 27.7. The van der Waals surface area contributed by atoms with Crippen LogP contribution >= 0.6 is 0 Å². The van der Waals surface area contributed by atoms with Crippen LogP contribution in [-0.4, -0.2) is 31.1 Å². The topological polar surface area (TPSA) is 44.8 Å². The molecule has 10 atom stereocenters. The van der Waals surface area contributed by atoms with Crippen LogP contribution in [0.1, 0.15) is 106 Å². The molecule has 0 aromatic rings. The van der Waals surface area contributed by atoms with Crippen molar-refractivity contribution in [2.75, 3.05) is 13.2 Å². The standard InChI is InChI=1S/C33H54O4/c1-8-24(21(2)3)10-9-22(4)27-11-12-28-26-20-33(35-17-18-36-33)30-19-25(37-23(5)34)13-15-32(30,7)29(26)14-16-31(27,28)6/h9-10,21-22,24-30H,8,11-20H2,1-7H3/b10-9+/t22-,24+,25+,26+,27-,28+,29+,30?,31-,32-/m1/s1. The fourth-order valence-electron chi connectivity index (χ4n) is 10.6. The lowest BCUT2D eigenvalue weighted by molar-refractivity contribution is -0.298. The molecule has 5 rings (SSSR count). The average molecular weight is 515 g/mol. The highest BCUT2D eigenvalue weighted by atomic mass is 16.7. The first-order chi connectivity index (χ1) is 17.5. The van der Waals surface area contributed by atoms with Gasteiger partial charge in [0.1, 0.15) is 6.10 Å². The van der Waals surface area contributed by atoms with Crippen molar-refractivity contribution in [2.24, 2.45) is 58.2 Å². The maximum Gasteiger partial charge on any atom is 0.302 e. The van der Waals surface area contributed by atoms with E-state index >= 15 is 0 Å². The van der Waals surface area contributed by atoms with Crippen LogP contribution in [0.15, 0.2) is 12.2 Å². The molecule has 4 nitrogen and oxygen atoms in total. The highest BCUT2D eigenvalue weighted by molar-refractivity contribution is 5.66. The summed E-state index contributed by atoms with van der Waals surface area (Å²) in [5.74, 6) is 4.64. The van der Waals surface area contributed by atoms with Crippen molar-refractivity contribution in [3.8, 4) is 0 Å². The summed E-state index contributed by atoms with van der Waals surface area (Å²) < 4.78 is 19.0. The van der Waals surface area contributed by atoms with Gasteiger partial charge < -0.3 is 14.2 Å². The monoisotopic (exact) mass is 514 g/mol. The van der Waals surface area contributed by atoms with Gasteiger partial charge in [-0.15, -0.1) is 0 Å². The quantitative estimate of drug-likeness (QED) is 0.268. The molecular formula is C33H54O4. The Morgan fingerprint density at radius 3 is 2.30 bits per heavy atom. The minimum atomic E-state index is -0.484. The van der Waals surface area contributed by atoms with Crippen LogP contribution in [-0.2, 0) is 19.0 Å². The molecule has 1 saturated heterocycles. The van der Waals surface area contributed by atoms with Gasteiger partial charge in [-0.1, -0.05) is 53.7 Å². The molecule has 37 heavy (non-hydrogen) atoms. The van der Waals surface area contributed by atoms with Crippen LogP contribution in [0.5, 0.6) is 0 Å². The average Bonchev–Trinajstić information content (AvgIpc) is 3.44. The Morgan fingerprint density at radius 2 is 1.65 bits per heavy atom. The van der Waals surface area contributed by atoms with Crippen molar-refractivity contribution in [1.29, 1.82) is 0 Å². The lowest BCUT2D eigenvalue weighted by atomic mass is 9.43. The first-order valence-electron chi connectivity index (χ1n) is 15.7. The lowest BCUT2D eigenvalue weighted by Gasteiger charge is -2.65. The maximum atomic E-state index is 11.8. The van der Waals surface area contributed by atoms with Crippen molar-refractivity contribution >= 4 is 5.97 Å². The zero-order chi connectivity index (χ0) is 26.6. The third-order valence-electron chi connectivity index (χ3n) is 12.4. The predicted octanol–water partition coefficient (Wildman–Crippen LogP) is 7.80. The number of fused-ring (bicyclic) bond motifs is 6. The van der Waals surface area contributed by atoms with E-state index in [0.29, 0.717) is 48.2 Å². The summed E-state index contributed by atoms with van der Waals surface area (Å²) in [4.78, 5) is 11.8. The van der Waals surface area contributed by atoms with Crippen LogP contribution in [0.4, 0.5) is 0 Å². The second-order valence-electron chi connectivity index (χ2n) is 14.4. The molecule has 4 aliphatic carbocycles. The van der Waals surface area contributed by atoms with E-state index in [0.717, 1.165) is 43.4 Å². The molecule has 5 fully saturated rings. The SMILES string of the molecule is CC[C@@H](/C=C/[C@@H](C)[C@H]1CC[C@H]2[C@@H]3CC4(OCCO4)C4C[C@@H](OC(C)=O)CC[C@]4(C)[C@H]3CC[C@]12C)C(C)C. The third kappa shape index (κ3) is 4.64. The summed E-state index contributed by atoms with van der Waals surface area (Å²) >= 11 is 0. The van der Waals surface area contributed by atoms with E-state index in [-0.39, 0.29) is 17.5 Å². The van der Waals surface area contributed by atoms with Gasteiger partial charge in [-0.3, -0.25) is 4.79 Å². The van der Waals surface area contributed by atoms with Crippen LogP contribution in [0.3, 0.4) is 0 Å². The van der Waals surface area contributed by atoms with Crippen LogP contribution in [0.2, 0.25) is 0 Å². The van der Waals surface area contributed by atoms with Crippen molar-refractivity contribution in [2.45, 2.75) is 118 Å². The first-order valence-corrected chi connectivity index (χ1v) is 15.7. The molecule has 1 spiro atoms. The van der Waals surface area contributed by atoms with Gasteiger partial charge in [0.15, 0.2) is 5.79 Å². The van der Waals surface area contributed by atoms with E-state index in [1.807, 2.05) is 0 Å². The van der Waals surface area contributed by atoms with E-state index in [1.54, 1.807) is 6.92 Å². The van der Waals surface area contributed by atoms with Crippen molar-refractivity contribution in [3.05, 3.63) is 12.2 Å². The molecule has 1 heterocycles. The number of hydrogen-bond donors (Lipinski definition) is 0. The Labute approximate surface area is 226 Å². The maximum absolute atomic E-state index is 11.8. The number of rotatable bonds is 6. The van der Waals surface area contributed by atoms with Gasteiger partial charge in [-0.25, -0.2) is 0 Å². The van der Waals surface area contributed by atoms with Crippen LogP contribution < -0.4 is 0 Å². The van der Waals surface area contributed by atoms with Crippen LogP contribution in [0, 0.1) is 58.2 Å². The summed E-state index contributed by atoms with van der Waals surface area (Å²) in [6.07, 6.45) is 15.8. The third-order valence-corrected chi connectivity index (χ3v) is 12.4. The summed E-state index contributed by atoms with van der Waals surface area (Å²) in [6.45, 7) is 17.7. The fourth-order valence-corrected chi connectivity index (χ4v) is 10.6. The fraction of sp³-hybridized carbons (Fsp3) is 0.909. The van der Waals surface area contributed by atoms with Crippen molar-refractivity contribution < 1.29 is 19.0 Å². The van der Waals surface area contributed by atoms with Gasteiger partial charge >= 0.3 is 5.97 Å². The molecule has 0 aromatic carbocycles. The lowest BCUT2D eigenvalue weighted by Crippen LogP contribution is -2.63. The Balaban J connectivity index is 1.39. The number of ether oxygens (including phenoxy) is 3. The van der Waals surface area contributed by atoms with E-state index in [4.69, 9.17) is 14.2 Å². The smallest absolute Gasteiger partial charge is 0.302 e. The molecule has 4 heteroatoms. The number of hydrogen-bond acceptors (Lipinski definition) is 4. The minimum Gasteiger partial charge on any atom is -0.463 e. The second kappa shape index (κ2) is 10.3. The second-order valence-corrected chi connectivity index (χ2v) is 14.4. The Morgan fingerprint density at radius 1 is 0.973 bits per heavy atom. The molecule has 5 aliphatic rings. The largest absolute Gasteiger partial charge is 0.463 e. The van der Waals surface area contributed by atoms with E-state index in [1.165, 1.54) is 32.1 Å². The summed E-state index contributed by atoms with van der Waals surface area (Å²) in [5, 5.41) is 0. The van der Waals surface area contributed by atoms with Gasteiger partial charge in [0, 0.05) is 19.3 Å². The molecule has 0 amide bonds. The number of esters is 1. The molecule has 0 bridgehead atoms. The molecule has 0 aromatic heterocycles. The normalized spacial score (nSPS) is 44.4. The number of carbonyl (C=O) groups is 1. The van der Waals surface area contributed by atoms with Gasteiger partial charge in [-0.05, 0) is 104 Å². The predicted molar refractivity (Wildman–Crippen MR) is 148 cm³/mol. The van der Waals surface area contributed by atoms with Crippen molar-refractivity contribution in [3.63, 3.8) is 0 Å². The summed E-state index contributed by atoms with van der Waals surface area (Å²) in [7, 11) is 0. The van der Waals surface area contributed by atoms with E-state index in [2.05, 4.69) is 53.7 Å². The van der Waals surface area contributed by atoms with Gasteiger partial charge in [0.2, 0.25) is 0 Å². The zero-order valence-corrected chi connectivity index (χ0v) is 24.8. The molecule has 0 N–H and O–H groups in total. The summed E-state index contributed by atoms with van der Waals surface area (Å²) in [6, 6.07) is 0. The Kier molecular flexibility index (Phi) is 7.68. The molecule has 210 valence electrons. The highest BCUT2D eigenvalue weighted by Crippen LogP contribution is 2.70. The van der Waals surface area contributed by atoms with Crippen LogP contribution in [0.25, 0.3) is 0 Å². The number of carbonyl (C=O) groups excluding carboxylic acids is 1.